The highest BCUT2D eigenvalue weighted by atomic mass is 32.2. The van der Waals surface area contributed by atoms with Crippen molar-refractivity contribution in [3.63, 3.8) is 0 Å². The smallest absolute Gasteiger partial charge is 0.274 e. The molecule has 0 radical (unpaired) electrons. The molecule has 1 aliphatic rings. The number of fused-ring (bicyclic) bond motifs is 1. The molecule has 1 aromatic heterocycles. The zero-order valence-corrected chi connectivity index (χ0v) is 20.0. The monoisotopic (exact) mass is 505 g/mol. The Morgan fingerprint density at radius 3 is 2.51 bits per heavy atom. The van der Waals surface area contributed by atoms with Gasteiger partial charge in [0.15, 0.2) is 14.6 Å². The fourth-order valence-corrected chi connectivity index (χ4v) is 6.33. The molecule has 35 heavy (non-hydrogen) atoms. The van der Waals surface area contributed by atoms with Crippen molar-refractivity contribution in [2.75, 3.05) is 19.8 Å². The van der Waals surface area contributed by atoms with E-state index in [1.165, 1.54) is 41.9 Å². The maximum atomic E-state index is 13.3. The van der Waals surface area contributed by atoms with Crippen molar-refractivity contribution in [1.82, 2.24) is 14.8 Å². The molecule has 1 amide bonds. The van der Waals surface area contributed by atoms with E-state index in [2.05, 4.69) is 0 Å². The van der Waals surface area contributed by atoms with Gasteiger partial charge >= 0.3 is 0 Å². The van der Waals surface area contributed by atoms with Crippen molar-refractivity contribution in [2.24, 2.45) is 7.05 Å². The van der Waals surface area contributed by atoms with Crippen molar-refractivity contribution in [2.45, 2.75) is 35.4 Å². The number of aryl methyl sites for hydroxylation is 1. The van der Waals surface area contributed by atoms with Crippen molar-refractivity contribution in [1.29, 1.82) is 0 Å². The quantitative estimate of drug-likeness (QED) is 0.236. The summed E-state index contributed by atoms with van der Waals surface area (Å²) in [6.07, 6.45) is 0.385. The number of sulfone groups is 1. The lowest BCUT2D eigenvalue weighted by Gasteiger charge is -2.34. The summed E-state index contributed by atoms with van der Waals surface area (Å²) in [5, 5.41) is 19.3. The topological polar surface area (TPSA) is 149 Å². The van der Waals surface area contributed by atoms with Crippen molar-refractivity contribution < 1.29 is 33.0 Å². The molecule has 1 aliphatic heterocycles. The van der Waals surface area contributed by atoms with E-state index in [1.54, 1.807) is 22.5 Å². The van der Waals surface area contributed by atoms with Crippen LogP contribution in [0, 0.1) is 0 Å². The van der Waals surface area contributed by atoms with Crippen LogP contribution in [0.2, 0.25) is 0 Å². The summed E-state index contributed by atoms with van der Waals surface area (Å²) in [4.78, 5) is 24.9. The van der Waals surface area contributed by atoms with Crippen LogP contribution in [0.3, 0.4) is 0 Å². The van der Waals surface area contributed by atoms with Gasteiger partial charge in [0.25, 0.3) is 11.5 Å². The molecular weight excluding hydrogens is 478 g/mol. The number of benzene rings is 2. The first kappa shape index (κ1) is 24.8. The van der Waals surface area contributed by atoms with Gasteiger partial charge in [0, 0.05) is 39.3 Å². The van der Waals surface area contributed by atoms with E-state index in [0.29, 0.717) is 29.6 Å². The lowest BCUT2D eigenvalue weighted by atomic mass is 9.98. The van der Waals surface area contributed by atoms with Gasteiger partial charge in [-0.2, -0.15) is 0 Å². The van der Waals surface area contributed by atoms with Crippen LogP contribution in [-0.4, -0.2) is 58.6 Å². The minimum absolute atomic E-state index is 0.0549. The number of hydrogen-bond acceptors (Lipinski definition) is 8. The highest BCUT2D eigenvalue weighted by molar-refractivity contribution is 7.93. The summed E-state index contributed by atoms with van der Waals surface area (Å²) >= 11 is 0. The molecule has 3 N–H and O–H groups in total. The molecule has 0 atom stereocenters. The zero-order chi connectivity index (χ0) is 25.2. The van der Waals surface area contributed by atoms with Gasteiger partial charge in [-0.3, -0.25) is 19.5 Å². The number of hydrogen-bond donors (Lipinski definition) is 3. The summed E-state index contributed by atoms with van der Waals surface area (Å²) in [7, 11) is -2.36. The maximum absolute atomic E-state index is 13.3. The number of rotatable bonds is 8. The average molecular weight is 506 g/mol. The van der Waals surface area contributed by atoms with Crippen molar-refractivity contribution in [3.8, 4) is 11.5 Å². The second-order valence-electron chi connectivity index (χ2n) is 8.38. The molecule has 0 spiro atoms. The van der Waals surface area contributed by atoms with Crippen LogP contribution in [-0.2, 0) is 33.0 Å². The first-order valence-corrected chi connectivity index (χ1v) is 12.6. The van der Waals surface area contributed by atoms with Crippen LogP contribution in [0.4, 0.5) is 0 Å². The molecule has 0 aliphatic carbocycles. The van der Waals surface area contributed by atoms with E-state index in [1.807, 2.05) is 0 Å². The van der Waals surface area contributed by atoms with Gasteiger partial charge in [0.1, 0.15) is 11.5 Å². The molecule has 12 heteroatoms. The summed E-state index contributed by atoms with van der Waals surface area (Å²) < 4.78 is 38.9. The number of phenols is 1. The molecule has 1 saturated heterocycles. The number of nitrogens with one attached hydrogen (secondary N) is 1. The summed E-state index contributed by atoms with van der Waals surface area (Å²) in [5.41, 5.74) is 1.96. The average Bonchev–Trinajstić information content (AvgIpc) is 3.10. The molecule has 3 aromatic rings. The van der Waals surface area contributed by atoms with Gasteiger partial charge in [-0.15, -0.1) is 0 Å². The molecule has 1 fully saturated rings. The molecule has 0 saturated carbocycles. The third-order valence-corrected chi connectivity index (χ3v) is 8.92. The molecular formula is C23H27N3O8S. The number of hydroxylamine groups is 1. The Kier molecular flexibility index (Phi) is 6.88. The van der Waals surface area contributed by atoms with E-state index >= 15 is 0 Å². The number of aromatic nitrogens is 2. The summed E-state index contributed by atoms with van der Waals surface area (Å²) in [6.45, 7) is 0.848. The van der Waals surface area contributed by atoms with E-state index < -0.39 is 20.5 Å². The minimum Gasteiger partial charge on any atom is -0.508 e. The predicted molar refractivity (Wildman–Crippen MR) is 125 cm³/mol. The maximum Gasteiger partial charge on any atom is 0.274 e. The Morgan fingerprint density at radius 1 is 1.17 bits per heavy atom. The van der Waals surface area contributed by atoms with E-state index in [-0.39, 0.29) is 48.9 Å². The van der Waals surface area contributed by atoms with Gasteiger partial charge in [-0.1, -0.05) is 0 Å². The van der Waals surface area contributed by atoms with Crippen LogP contribution >= 0.6 is 0 Å². The fourth-order valence-electron chi connectivity index (χ4n) is 4.39. The van der Waals surface area contributed by atoms with Crippen LogP contribution in [0.5, 0.6) is 11.5 Å². The molecule has 188 valence electrons. The van der Waals surface area contributed by atoms with Gasteiger partial charge < -0.3 is 14.6 Å². The number of nitrogens with zero attached hydrogens (tertiary/aromatic N) is 2. The predicted octanol–water partition coefficient (Wildman–Crippen LogP) is 1.34. The largest absolute Gasteiger partial charge is 0.508 e. The molecule has 0 unspecified atom stereocenters. The van der Waals surface area contributed by atoms with E-state index in [4.69, 9.17) is 14.7 Å². The first-order valence-electron chi connectivity index (χ1n) is 11.1. The highest BCUT2D eigenvalue weighted by Crippen LogP contribution is 2.35. The molecule has 0 bridgehead atoms. The van der Waals surface area contributed by atoms with Crippen molar-refractivity contribution in [3.05, 3.63) is 52.8 Å². The summed E-state index contributed by atoms with van der Waals surface area (Å²) in [6, 6.07) is 10.3. The number of phenolic OH excluding ortho intramolecular Hbond substituents is 1. The number of carbonyl (C=O) groups is 1. The Morgan fingerprint density at radius 2 is 1.86 bits per heavy atom. The van der Waals surface area contributed by atoms with Gasteiger partial charge in [-0.25, -0.2) is 18.6 Å². The Bertz CT molecular complexity index is 1390. The van der Waals surface area contributed by atoms with Crippen LogP contribution < -0.4 is 15.8 Å². The van der Waals surface area contributed by atoms with E-state index in [0.717, 1.165) is 0 Å². The van der Waals surface area contributed by atoms with Crippen LogP contribution in [0.1, 0.15) is 19.3 Å². The number of ether oxygens (including phenoxy) is 2. The van der Waals surface area contributed by atoms with Crippen molar-refractivity contribution >= 4 is 26.6 Å². The lowest BCUT2D eigenvalue weighted by molar-refractivity contribution is -0.134. The normalized spacial score (nSPS) is 15.7. The molecule has 4 rings (SSSR count). The minimum atomic E-state index is -4.10. The van der Waals surface area contributed by atoms with E-state index in [9.17, 15) is 23.1 Å². The number of carbonyl (C=O) groups excluding carboxylic acids is 1. The Hall–Kier alpha value is -3.35. The SMILES string of the molecule is Cn1c2cc(O)ccc2c(=O)n1CCCOc1ccc(S(=O)(=O)C2(C(=O)NO)CCOCC2)cc1. The second kappa shape index (κ2) is 9.72. The fraction of sp³-hybridized carbons (Fsp3) is 0.391. The third kappa shape index (κ3) is 4.40. The first-order chi connectivity index (χ1) is 16.7. The Balaban J connectivity index is 1.42. The summed E-state index contributed by atoms with van der Waals surface area (Å²) in [5.74, 6) is -0.454. The third-order valence-electron chi connectivity index (χ3n) is 6.40. The number of amides is 1. The molecule has 2 heterocycles. The highest BCUT2D eigenvalue weighted by Gasteiger charge is 2.52. The zero-order valence-electron chi connectivity index (χ0n) is 19.1. The van der Waals surface area contributed by atoms with Crippen LogP contribution in [0.25, 0.3) is 10.9 Å². The Labute approximate surface area is 201 Å². The molecule has 11 nitrogen and oxygen atoms in total. The standard InChI is InChI=1S/C23H27N3O8S/c1-25-20-15-16(27)3-8-19(20)21(28)26(25)11-2-12-34-17-4-6-18(7-5-17)35(31,32)23(22(29)24-30)9-13-33-14-10-23/h3-8,15,27,30H,2,9-14H2,1H3,(H,24,29). The van der Waals surface area contributed by atoms with Gasteiger partial charge in [-0.05, 0) is 49.2 Å². The second-order valence-corrected chi connectivity index (χ2v) is 10.6. The molecule has 2 aromatic carbocycles. The van der Waals surface area contributed by atoms with Crippen LogP contribution in [0.15, 0.2) is 52.2 Å². The number of aromatic hydroxyl groups is 1. The van der Waals surface area contributed by atoms with Gasteiger partial charge in [0.05, 0.1) is 22.4 Å². The van der Waals surface area contributed by atoms with Gasteiger partial charge in [0.2, 0.25) is 0 Å². The lowest BCUT2D eigenvalue weighted by Crippen LogP contribution is -2.54.